The van der Waals surface area contributed by atoms with Crippen LogP contribution in [0.25, 0.3) is 0 Å². The van der Waals surface area contributed by atoms with Gasteiger partial charge in [0.15, 0.2) is 5.96 Å². The van der Waals surface area contributed by atoms with Crippen molar-refractivity contribution < 1.29 is 23.5 Å². The van der Waals surface area contributed by atoms with E-state index in [1.165, 1.54) is 18.2 Å². The van der Waals surface area contributed by atoms with Crippen molar-refractivity contribution in [1.82, 2.24) is 0 Å². The number of hydrogen-bond donors (Lipinski definition) is 3. The zero-order valence-electron chi connectivity index (χ0n) is 8.76. The zero-order valence-corrected chi connectivity index (χ0v) is 8.76. The molecule has 18 heavy (non-hydrogen) atoms. The molecule has 1 rings (SSSR count). The van der Waals surface area contributed by atoms with E-state index in [4.69, 9.17) is 26.8 Å². The molecule has 0 radical (unpaired) electrons. The Hall–Kier alpha value is -2.52. The number of nitrogens with zero attached hydrogens (tertiary/aromatic N) is 2. The maximum Gasteiger partial charge on any atom is 0.418 e. The molecule has 0 aliphatic rings. The number of guanidine groups is 1. The van der Waals surface area contributed by atoms with Crippen LogP contribution in [0.5, 0.6) is 0 Å². The first kappa shape index (κ1) is 15.5. The van der Waals surface area contributed by atoms with Gasteiger partial charge in [-0.3, -0.25) is 0 Å². The van der Waals surface area contributed by atoms with Gasteiger partial charge in [-0.1, -0.05) is 12.1 Å². The highest BCUT2D eigenvalue weighted by atomic mass is 19.4. The quantitative estimate of drug-likeness (QED) is 0.305. The highest BCUT2D eigenvalue weighted by molar-refractivity contribution is 5.79. The van der Waals surface area contributed by atoms with E-state index in [1.54, 1.807) is 0 Å². The van der Waals surface area contributed by atoms with Crippen molar-refractivity contribution in [3.63, 3.8) is 0 Å². The van der Waals surface area contributed by atoms with Crippen molar-refractivity contribution in [2.75, 3.05) is 0 Å². The van der Waals surface area contributed by atoms with Crippen LogP contribution in [0.2, 0.25) is 0 Å². The molecule has 0 saturated carbocycles. The minimum absolute atomic E-state index is 0.278. The fraction of sp³-hybridized carbons (Fsp3) is 0.125. The van der Waals surface area contributed by atoms with Crippen LogP contribution in [0.1, 0.15) is 5.56 Å². The molecule has 0 fully saturated rings. The lowest BCUT2D eigenvalue weighted by atomic mass is 10.2. The van der Waals surface area contributed by atoms with Crippen LogP contribution < -0.4 is 11.5 Å². The maximum atomic E-state index is 12.3. The summed E-state index contributed by atoms with van der Waals surface area (Å²) in [7, 11) is 0. The van der Waals surface area contributed by atoms with Gasteiger partial charge < -0.3 is 16.7 Å². The highest BCUT2D eigenvalue weighted by Gasteiger charge is 2.33. The molecule has 0 heterocycles. The number of aliphatic imine (C=N–C) groups is 1. The van der Waals surface area contributed by atoms with E-state index in [0.29, 0.717) is 0 Å². The minimum Gasteiger partial charge on any atom is -0.370 e. The number of alkyl halides is 3. The molecule has 0 amide bonds. The fourth-order valence-corrected chi connectivity index (χ4v) is 0.950. The fourth-order valence-electron chi connectivity index (χ4n) is 0.950. The Morgan fingerprint density at radius 3 is 2.17 bits per heavy atom. The first-order valence-electron chi connectivity index (χ1n) is 4.23. The van der Waals surface area contributed by atoms with Crippen LogP contribution in [0.15, 0.2) is 29.3 Å². The first-order chi connectivity index (χ1) is 8.14. The third-order valence-corrected chi connectivity index (χ3v) is 1.46. The summed E-state index contributed by atoms with van der Waals surface area (Å²) in [4.78, 5) is 11.7. The Bertz CT molecular complexity index is 439. The molecule has 0 aliphatic heterocycles. The molecule has 5 N–H and O–H groups in total. The number of benzene rings is 1. The largest absolute Gasteiger partial charge is 0.418 e. The molecule has 0 saturated heterocycles. The third-order valence-electron chi connectivity index (χ3n) is 1.46. The number of halogens is 3. The summed E-state index contributed by atoms with van der Waals surface area (Å²) in [6.07, 6.45) is -4.45. The monoisotopic (exact) mass is 266 g/mol. The molecule has 7 nitrogen and oxygen atoms in total. The molecule has 10 heteroatoms. The Morgan fingerprint density at radius 2 is 1.78 bits per heavy atom. The van der Waals surface area contributed by atoms with Gasteiger partial charge in [-0.05, 0) is 12.1 Å². The average molecular weight is 266 g/mol. The topological polar surface area (TPSA) is 128 Å². The lowest BCUT2D eigenvalue weighted by molar-refractivity contribution is -0.742. The molecule has 0 aliphatic carbocycles. The zero-order chi connectivity index (χ0) is 14.3. The number of hydrogen-bond acceptors (Lipinski definition) is 3. The number of rotatable bonds is 1. The van der Waals surface area contributed by atoms with Crippen molar-refractivity contribution in [1.29, 1.82) is 0 Å². The molecular formula is C8H9F3N4O3. The van der Waals surface area contributed by atoms with E-state index in [0.717, 1.165) is 6.07 Å². The average Bonchev–Trinajstić information content (AvgIpc) is 2.14. The molecule has 0 spiro atoms. The lowest BCUT2D eigenvalue weighted by Gasteiger charge is -2.08. The van der Waals surface area contributed by atoms with Gasteiger partial charge in [-0.2, -0.15) is 13.2 Å². The van der Waals surface area contributed by atoms with Gasteiger partial charge >= 0.3 is 6.18 Å². The van der Waals surface area contributed by atoms with Gasteiger partial charge in [0, 0.05) is 0 Å². The number of nitrogens with two attached hydrogens (primary N) is 2. The Labute approximate surface area is 98.6 Å². The van der Waals surface area contributed by atoms with Crippen LogP contribution >= 0.6 is 0 Å². The Morgan fingerprint density at radius 1 is 1.33 bits per heavy atom. The second-order valence-electron chi connectivity index (χ2n) is 2.79. The van der Waals surface area contributed by atoms with E-state index in [1.807, 2.05) is 0 Å². The molecule has 100 valence electrons. The normalized spacial score (nSPS) is 9.94. The van der Waals surface area contributed by atoms with Gasteiger partial charge in [-0.25, -0.2) is 4.99 Å². The van der Waals surface area contributed by atoms with Crippen molar-refractivity contribution in [3.8, 4) is 0 Å². The predicted octanol–water partition coefficient (Wildman–Crippen LogP) is 1.26. The first-order valence-corrected chi connectivity index (χ1v) is 4.23. The Kier molecular flexibility index (Phi) is 5.39. The smallest absolute Gasteiger partial charge is 0.370 e. The van der Waals surface area contributed by atoms with Crippen molar-refractivity contribution in [3.05, 3.63) is 39.9 Å². The summed E-state index contributed by atoms with van der Waals surface area (Å²) in [5.41, 5.74) is 8.86. The summed E-state index contributed by atoms with van der Waals surface area (Å²) in [6, 6.07) is 4.82. The lowest BCUT2D eigenvalue weighted by Crippen LogP contribution is -2.22. The third kappa shape index (κ3) is 6.15. The van der Waals surface area contributed by atoms with Crippen LogP contribution in [0, 0.1) is 10.1 Å². The van der Waals surface area contributed by atoms with Crippen LogP contribution in [0.4, 0.5) is 18.9 Å². The minimum atomic E-state index is -4.45. The van der Waals surface area contributed by atoms with Crippen molar-refractivity contribution in [2.45, 2.75) is 6.18 Å². The van der Waals surface area contributed by atoms with Gasteiger partial charge in [0.2, 0.25) is 0 Å². The summed E-state index contributed by atoms with van der Waals surface area (Å²) in [5.74, 6) is -0.401. The summed E-state index contributed by atoms with van der Waals surface area (Å²) >= 11 is 0. The van der Waals surface area contributed by atoms with E-state index >= 15 is 0 Å². The maximum absolute atomic E-state index is 12.3. The SMILES string of the molecule is NC(N)=Nc1ccccc1C(F)(F)F.O=[N+]([O-])O. The molecular weight excluding hydrogens is 257 g/mol. The van der Waals surface area contributed by atoms with Gasteiger partial charge in [0.1, 0.15) is 0 Å². The second kappa shape index (κ2) is 6.27. The Balaban J connectivity index is 0.000000631. The van der Waals surface area contributed by atoms with E-state index in [2.05, 4.69) is 4.99 Å². The molecule has 0 aromatic heterocycles. The van der Waals surface area contributed by atoms with Crippen molar-refractivity contribution in [2.24, 2.45) is 16.5 Å². The molecule has 0 atom stereocenters. The summed E-state index contributed by atoms with van der Waals surface area (Å²) in [6.45, 7) is 0. The van der Waals surface area contributed by atoms with Gasteiger partial charge in [0.25, 0.3) is 5.09 Å². The molecule has 0 bridgehead atoms. The van der Waals surface area contributed by atoms with E-state index < -0.39 is 22.8 Å². The molecule has 1 aromatic rings. The summed E-state index contributed by atoms with van der Waals surface area (Å²) < 4.78 is 37.0. The predicted molar refractivity (Wildman–Crippen MR) is 55.7 cm³/mol. The van der Waals surface area contributed by atoms with E-state index in [-0.39, 0.29) is 5.69 Å². The highest BCUT2D eigenvalue weighted by Crippen LogP contribution is 2.35. The van der Waals surface area contributed by atoms with Crippen molar-refractivity contribution >= 4 is 11.6 Å². The standard InChI is InChI=1S/C8H8F3N3.HNO3/c9-8(10,11)5-3-1-2-4-6(5)14-7(12)13;2-1(3)4/h1-4H,(H4,12,13,14);(H,2,3,4). The second-order valence-corrected chi connectivity index (χ2v) is 2.79. The molecule has 1 aromatic carbocycles. The van der Waals surface area contributed by atoms with Gasteiger partial charge in [0.05, 0.1) is 11.3 Å². The van der Waals surface area contributed by atoms with Crippen LogP contribution in [-0.2, 0) is 6.18 Å². The van der Waals surface area contributed by atoms with Gasteiger partial charge in [-0.15, -0.1) is 10.1 Å². The van der Waals surface area contributed by atoms with Crippen LogP contribution in [0.3, 0.4) is 0 Å². The summed E-state index contributed by atoms with van der Waals surface area (Å²) in [5, 5.41) is 13.6. The van der Waals surface area contributed by atoms with Crippen LogP contribution in [-0.4, -0.2) is 16.3 Å². The molecule has 0 unspecified atom stereocenters. The number of para-hydroxylation sites is 1. The van der Waals surface area contributed by atoms with E-state index in [9.17, 15) is 13.2 Å².